The van der Waals surface area contributed by atoms with E-state index in [0.717, 1.165) is 33.6 Å². The Morgan fingerprint density at radius 3 is 2.53 bits per heavy atom. The minimum atomic E-state index is -3.77. The fourth-order valence-corrected chi connectivity index (χ4v) is 6.28. The van der Waals surface area contributed by atoms with E-state index in [4.69, 9.17) is 11.6 Å². The second kappa shape index (κ2) is 8.83. The summed E-state index contributed by atoms with van der Waals surface area (Å²) in [6.07, 6.45) is 0. The average molecular weight is 487 g/mol. The molecular weight excluding hydrogens is 464 g/mol. The van der Waals surface area contributed by atoms with E-state index in [2.05, 4.69) is 4.72 Å². The van der Waals surface area contributed by atoms with Gasteiger partial charge in [0.25, 0.3) is 0 Å². The van der Waals surface area contributed by atoms with Gasteiger partial charge in [-0.15, -0.1) is 0 Å². The Labute approximate surface area is 196 Å². The van der Waals surface area contributed by atoms with E-state index in [-0.39, 0.29) is 15.8 Å². The molecule has 5 nitrogen and oxygen atoms in total. The maximum absolute atomic E-state index is 13.1. The number of fused-ring (bicyclic) bond motifs is 1. The molecule has 0 aliphatic carbocycles. The van der Waals surface area contributed by atoms with Crippen LogP contribution in [0.15, 0.2) is 70.4 Å². The zero-order valence-electron chi connectivity index (χ0n) is 17.9. The molecular formula is C24H23ClN2O3S2. The van der Waals surface area contributed by atoms with Crippen molar-refractivity contribution in [1.29, 1.82) is 0 Å². The van der Waals surface area contributed by atoms with Gasteiger partial charge >= 0.3 is 4.87 Å². The Balaban J connectivity index is 1.65. The van der Waals surface area contributed by atoms with Crippen LogP contribution in [0.3, 0.4) is 0 Å². The molecule has 0 saturated carbocycles. The Bertz CT molecular complexity index is 1470. The van der Waals surface area contributed by atoms with Crippen molar-refractivity contribution in [1.82, 2.24) is 9.29 Å². The van der Waals surface area contributed by atoms with Crippen molar-refractivity contribution in [3.63, 3.8) is 0 Å². The molecule has 1 N–H and O–H groups in total. The zero-order valence-corrected chi connectivity index (χ0v) is 20.3. The minimum Gasteiger partial charge on any atom is -0.294 e. The number of halogens is 1. The highest BCUT2D eigenvalue weighted by Gasteiger charge is 2.21. The molecule has 8 heteroatoms. The first-order valence-electron chi connectivity index (χ1n) is 10.1. The molecule has 1 unspecified atom stereocenters. The van der Waals surface area contributed by atoms with Crippen LogP contribution in [0.4, 0.5) is 0 Å². The molecule has 4 rings (SSSR count). The van der Waals surface area contributed by atoms with Crippen LogP contribution >= 0.6 is 22.9 Å². The lowest BCUT2D eigenvalue weighted by Gasteiger charge is -2.17. The van der Waals surface area contributed by atoms with Crippen LogP contribution in [0.5, 0.6) is 0 Å². The lowest BCUT2D eigenvalue weighted by molar-refractivity contribution is 0.566. The molecule has 1 aromatic heterocycles. The van der Waals surface area contributed by atoms with Gasteiger partial charge in [-0.25, -0.2) is 13.1 Å². The van der Waals surface area contributed by atoms with Gasteiger partial charge in [-0.3, -0.25) is 9.36 Å². The second-order valence-corrected chi connectivity index (χ2v) is 11.0. The molecule has 3 aromatic carbocycles. The summed E-state index contributed by atoms with van der Waals surface area (Å²) in [5.74, 6) is 0. The van der Waals surface area contributed by atoms with E-state index < -0.39 is 10.0 Å². The first-order chi connectivity index (χ1) is 15.2. The van der Waals surface area contributed by atoms with E-state index in [9.17, 15) is 13.2 Å². The van der Waals surface area contributed by atoms with E-state index in [0.29, 0.717) is 21.8 Å². The van der Waals surface area contributed by atoms with E-state index in [1.165, 1.54) is 6.07 Å². The van der Waals surface area contributed by atoms with Crippen molar-refractivity contribution < 1.29 is 8.42 Å². The van der Waals surface area contributed by atoms with Gasteiger partial charge in [0.1, 0.15) is 0 Å². The van der Waals surface area contributed by atoms with Crippen molar-refractivity contribution in [3.05, 3.63) is 97.6 Å². The van der Waals surface area contributed by atoms with Crippen LogP contribution in [-0.2, 0) is 16.6 Å². The summed E-state index contributed by atoms with van der Waals surface area (Å²) in [5, 5.41) is 0.586. The zero-order chi connectivity index (χ0) is 23.0. The Morgan fingerprint density at radius 1 is 1.06 bits per heavy atom. The number of nitrogens with one attached hydrogen (secondary N) is 1. The lowest BCUT2D eigenvalue weighted by atomic mass is 10.0. The number of benzene rings is 3. The molecule has 0 aliphatic rings. The molecule has 166 valence electrons. The Kier molecular flexibility index (Phi) is 6.27. The molecule has 0 saturated heterocycles. The first-order valence-corrected chi connectivity index (χ1v) is 12.8. The summed E-state index contributed by atoms with van der Waals surface area (Å²) < 4.78 is 31.1. The minimum absolute atomic E-state index is 0.132. The second-order valence-electron chi connectivity index (χ2n) is 7.88. The molecule has 0 aliphatic heterocycles. The lowest BCUT2D eigenvalue weighted by Crippen LogP contribution is -2.27. The van der Waals surface area contributed by atoms with Crippen molar-refractivity contribution >= 4 is 43.2 Å². The smallest absolute Gasteiger partial charge is 0.294 e. The summed E-state index contributed by atoms with van der Waals surface area (Å²) in [5.41, 5.74) is 4.60. The first kappa shape index (κ1) is 22.7. The van der Waals surface area contributed by atoms with Crippen LogP contribution in [0.25, 0.3) is 10.2 Å². The molecule has 1 atom stereocenters. The number of nitrogens with zero attached hydrogens (tertiary/aromatic N) is 1. The van der Waals surface area contributed by atoms with Crippen LogP contribution in [-0.4, -0.2) is 13.0 Å². The van der Waals surface area contributed by atoms with Crippen LogP contribution in [0, 0.1) is 13.8 Å². The number of hydrogen-bond acceptors (Lipinski definition) is 4. The van der Waals surface area contributed by atoms with Gasteiger partial charge in [-0.05, 0) is 61.7 Å². The summed E-state index contributed by atoms with van der Waals surface area (Å²) in [7, 11) is -3.77. The molecule has 1 heterocycles. The molecule has 0 fully saturated rings. The SMILES string of the molecule is Cc1ccc(C(C)NS(=O)(=O)c2ccc3c(c2)sc(=O)n3Cc2ccccc2Cl)c(C)c1. The fourth-order valence-electron chi connectivity index (χ4n) is 3.84. The number of aryl methyl sites for hydroxylation is 2. The van der Waals surface area contributed by atoms with Crippen LogP contribution in [0.1, 0.15) is 35.2 Å². The monoisotopic (exact) mass is 486 g/mol. The van der Waals surface area contributed by atoms with Gasteiger partial charge in [-0.2, -0.15) is 0 Å². The molecule has 0 radical (unpaired) electrons. The normalized spacial score (nSPS) is 12.9. The Morgan fingerprint density at radius 2 is 1.81 bits per heavy atom. The van der Waals surface area contributed by atoms with Crippen LogP contribution < -0.4 is 9.60 Å². The van der Waals surface area contributed by atoms with E-state index in [1.54, 1.807) is 22.8 Å². The maximum atomic E-state index is 13.1. The van der Waals surface area contributed by atoms with Crippen molar-refractivity contribution in [2.24, 2.45) is 0 Å². The number of aromatic nitrogens is 1. The van der Waals surface area contributed by atoms with Gasteiger partial charge in [0.15, 0.2) is 0 Å². The fraction of sp³-hybridized carbons (Fsp3) is 0.208. The number of rotatable bonds is 6. The summed E-state index contributed by atoms with van der Waals surface area (Å²) >= 11 is 7.27. The third-order valence-electron chi connectivity index (χ3n) is 5.46. The molecule has 4 aromatic rings. The summed E-state index contributed by atoms with van der Waals surface area (Å²) in [6, 6.07) is 17.7. The number of thiazole rings is 1. The summed E-state index contributed by atoms with van der Waals surface area (Å²) in [6.45, 7) is 6.13. The van der Waals surface area contributed by atoms with Gasteiger partial charge in [0.2, 0.25) is 10.0 Å². The van der Waals surface area contributed by atoms with Crippen molar-refractivity contribution in [2.45, 2.75) is 38.3 Å². The molecule has 32 heavy (non-hydrogen) atoms. The average Bonchev–Trinajstić information content (AvgIpc) is 3.03. The molecule has 0 amide bonds. The largest absolute Gasteiger partial charge is 0.308 e. The third kappa shape index (κ3) is 4.52. The predicted octanol–water partition coefficient (Wildman–Crippen LogP) is 5.42. The quantitative estimate of drug-likeness (QED) is 0.395. The highest BCUT2D eigenvalue weighted by Crippen LogP contribution is 2.26. The van der Waals surface area contributed by atoms with Crippen molar-refractivity contribution in [2.75, 3.05) is 0 Å². The molecule has 0 spiro atoms. The number of sulfonamides is 1. The molecule has 0 bridgehead atoms. The van der Waals surface area contributed by atoms with Crippen molar-refractivity contribution in [3.8, 4) is 0 Å². The van der Waals surface area contributed by atoms with E-state index >= 15 is 0 Å². The predicted molar refractivity (Wildman–Crippen MR) is 131 cm³/mol. The van der Waals surface area contributed by atoms with Crippen LogP contribution in [0.2, 0.25) is 5.02 Å². The maximum Gasteiger partial charge on any atom is 0.308 e. The van der Waals surface area contributed by atoms with Gasteiger partial charge in [0.05, 0.1) is 21.7 Å². The van der Waals surface area contributed by atoms with Gasteiger partial charge < -0.3 is 0 Å². The van der Waals surface area contributed by atoms with Gasteiger partial charge in [0, 0.05) is 11.1 Å². The topological polar surface area (TPSA) is 68.2 Å². The Hall–Kier alpha value is -2.45. The standard InChI is InChI=1S/C24H23ClN2O3S2/c1-15-8-10-20(16(2)12-15)17(3)26-32(29,30)19-9-11-22-23(13-19)31-24(28)27(22)14-18-6-4-5-7-21(18)25/h4-13,17,26H,14H2,1-3H3. The van der Waals surface area contributed by atoms with Gasteiger partial charge in [-0.1, -0.05) is 64.9 Å². The highest BCUT2D eigenvalue weighted by atomic mass is 35.5. The highest BCUT2D eigenvalue weighted by molar-refractivity contribution is 7.89. The number of hydrogen-bond donors (Lipinski definition) is 1. The van der Waals surface area contributed by atoms with E-state index in [1.807, 2.05) is 57.2 Å². The third-order valence-corrected chi connectivity index (χ3v) is 8.31. The summed E-state index contributed by atoms with van der Waals surface area (Å²) in [4.78, 5) is 12.6.